The third-order valence-electron chi connectivity index (χ3n) is 2.54. The summed E-state index contributed by atoms with van der Waals surface area (Å²) in [5.41, 5.74) is 0.820. The molecule has 1 heterocycles. The standard InChI is InChI=1S/C14H11BrCl2N2O2/c1-2-21-12-4-3-9(6-11(12)16)19-14(20)10-5-8(15)7-18-13(10)17/h3-7H,2H2,1H3,(H,19,20). The van der Waals surface area contributed by atoms with Crippen LogP contribution in [0.25, 0.3) is 0 Å². The smallest absolute Gasteiger partial charge is 0.258 e. The van der Waals surface area contributed by atoms with Gasteiger partial charge in [-0.25, -0.2) is 4.98 Å². The van der Waals surface area contributed by atoms with Crippen LogP contribution in [-0.2, 0) is 0 Å². The molecule has 0 aliphatic heterocycles. The minimum atomic E-state index is -0.367. The minimum Gasteiger partial charge on any atom is -0.492 e. The second kappa shape index (κ2) is 7.11. The Bertz CT molecular complexity index is 680. The lowest BCUT2D eigenvalue weighted by molar-refractivity contribution is 0.102. The molecule has 0 atom stereocenters. The summed E-state index contributed by atoms with van der Waals surface area (Å²) >= 11 is 15.2. The Balaban J connectivity index is 2.19. The van der Waals surface area contributed by atoms with Crippen molar-refractivity contribution in [2.24, 2.45) is 0 Å². The first-order valence-corrected chi connectivity index (χ1v) is 7.61. The van der Waals surface area contributed by atoms with Crippen LogP contribution in [0.5, 0.6) is 5.75 Å². The zero-order valence-corrected chi connectivity index (χ0v) is 14.1. The molecule has 7 heteroatoms. The van der Waals surface area contributed by atoms with Crippen LogP contribution in [0.15, 0.2) is 34.9 Å². The van der Waals surface area contributed by atoms with Crippen molar-refractivity contribution in [1.82, 2.24) is 4.98 Å². The van der Waals surface area contributed by atoms with Crippen LogP contribution in [-0.4, -0.2) is 17.5 Å². The van der Waals surface area contributed by atoms with E-state index in [0.29, 0.717) is 27.5 Å². The molecule has 1 aromatic carbocycles. The number of nitrogens with zero attached hydrogens (tertiary/aromatic N) is 1. The van der Waals surface area contributed by atoms with E-state index in [-0.39, 0.29) is 16.6 Å². The fraction of sp³-hybridized carbons (Fsp3) is 0.143. The number of benzene rings is 1. The number of carbonyl (C=O) groups is 1. The Labute approximate surface area is 140 Å². The molecule has 1 aromatic heterocycles. The minimum absolute atomic E-state index is 0.132. The van der Waals surface area contributed by atoms with E-state index >= 15 is 0 Å². The van der Waals surface area contributed by atoms with E-state index < -0.39 is 0 Å². The van der Waals surface area contributed by atoms with E-state index in [2.05, 4.69) is 26.2 Å². The number of halogens is 3. The van der Waals surface area contributed by atoms with E-state index in [1.807, 2.05) is 6.92 Å². The first-order valence-electron chi connectivity index (χ1n) is 6.06. The molecule has 0 spiro atoms. The third kappa shape index (κ3) is 4.09. The van der Waals surface area contributed by atoms with E-state index in [1.165, 1.54) is 6.20 Å². The van der Waals surface area contributed by atoms with Gasteiger partial charge in [0.25, 0.3) is 5.91 Å². The predicted molar refractivity (Wildman–Crippen MR) is 87.5 cm³/mol. The lowest BCUT2D eigenvalue weighted by Gasteiger charge is -2.10. The molecule has 0 saturated carbocycles. The van der Waals surface area contributed by atoms with Gasteiger partial charge in [0, 0.05) is 16.4 Å². The molecule has 1 amide bonds. The second-order valence-electron chi connectivity index (χ2n) is 4.02. The van der Waals surface area contributed by atoms with Crippen molar-refractivity contribution >= 4 is 50.7 Å². The Morgan fingerprint density at radius 2 is 2.14 bits per heavy atom. The SMILES string of the molecule is CCOc1ccc(NC(=O)c2cc(Br)cnc2Cl)cc1Cl. The van der Waals surface area contributed by atoms with Crippen molar-refractivity contribution in [1.29, 1.82) is 0 Å². The van der Waals surface area contributed by atoms with E-state index in [4.69, 9.17) is 27.9 Å². The number of anilines is 1. The Hall–Kier alpha value is -1.30. The average Bonchev–Trinajstić information content (AvgIpc) is 2.44. The van der Waals surface area contributed by atoms with Crippen LogP contribution < -0.4 is 10.1 Å². The molecule has 0 bridgehead atoms. The van der Waals surface area contributed by atoms with Crippen molar-refractivity contribution in [2.75, 3.05) is 11.9 Å². The molecule has 2 rings (SSSR count). The molecule has 0 radical (unpaired) electrons. The van der Waals surface area contributed by atoms with Gasteiger partial charge in [-0.2, -0.15) is 0 Å². The van der Waals surface area contributed by atoms with Crippen LogP contribution in [0.1, 0.15) is 17.3 Å². The molecule has 0 saturated heterocycles. The van der Waals surface area contributed by atoms with Gasteiger partial charge in [-0.05, 0) is 47.1 Å². The van der Waals surface area contributed by atoms with Gasteiger partial charge in [0.05, 0.1) is 17.2 Å². The van der Waals surface area contributed by atoms with Crippen LogP contribution in [0, 0.1) is 0 Å². The summed E-state index contributed by atoms with van der Waals surface area (Å²) in [5.74, 6) is 0.202. The van der Waals surface area contributed by atoms with Crippen LogP contribution >= 0.6 is 39.1 Å². The number of pyridine rings is 1. The van der Waals surface area contributed by atoms with Gasteiger partial charge in [0.15, 0.2) is 0 Å². The quantitative estimate of drug-likeness (QED) is 0.764. The number of amides is 1. The monoisotopic (exact) mass is 388 g/mol. The molecule has 0 aliphatic carbocycles. The van der Waals surface area contributed by atoms with Crippen LogP contribution in [0.2, 0.25) is 10.2 Å². The van der Waals surface area contributed by atoms with Gasteiger partial charge in [0.2, 0.25) is 0 Å². The summed E-state index contributed by atoms with van der Waals surface area (Å²) in [4.78, 5) is 16.1. The lowest BCUT2D eigenvalue weighted by Crippen LogP contribution is -2.13. The van der Waals surface area contributed by atoms with E-state index in [1.54, 1.807) is 24.3 Å². The number of hydrogen-bond donors (Lipinski definition) is 1. The van der Waals surface area contributed by atoms with Crippen molar-refractivity contribution < 1.29 is 9.53 Å². The van der Waals surface area contributed by atoms with Gasteiger partial charge in [-0.1, -0.05) is 23.2 Å². The van der Waals surface area contributed by atoms with Gasteiger partial charge in [0.1, 0.15) is 10.9 Å². The molecule has 0 aliphatic rings. The summed E-state index contributed by atoms with van der Waals surface area (Å²) < 4.78 is 6.00. The number of nitrogens with one attached hydrogen (secondary N) is 1. The topological polar surface area (TPSA) is 51.2 Å². The molecule has 0 unspecified atom stereocenters. The number of hydrogen-bond acceptors (Lipinski definition) is 3. The van der Waals surface area contributed by atoms with Crippen molar-refractivity contribution in [3.63, 3.8) is 0 Å². The highest BCUT2D eigenvalue weighted by Crippen LogP contribution is 2.28. The lowest BCUT2D eigenvalue weighted by atomic mass is 10.2. The van der Waals surface area contributed by atoms with Crippen molar-refractivity contribution in [3.8, 4) is 5.75 Å². The van der Waals surface area contributed by atoms with Gasteiger partial charge in [-0.15, -0.1) is 0 Å². The molecule has 21 heavy (non-hydrogen) atoms. The van der Waals surface area contributed by atoms with Crippen molar-refractivity contribution in [2.45, 2.75) is 6.92 Å². The second-order valence-corrected chi connectivity index (χ2v) is 5.71. The molecular weight excluding hydrogens is 379 g/mol. The zero-order valence-electron chi connectivity index (χ0n) is 11.0. The maximum absolute atomic E-state index is 12.2. The number of ether oxygens (including phenoxy) is 1. The van der Waals surface area contributed by atoms with Crippen LogP contribution in [0.3, 0.4) is 0 Å². The Morgan fingerprint density at radius 3 is 2.81 bits per heavy atom. The number of carbonyl (C=O) groups excluding carboxylic acids is 1. The average molecular weight is 390 g/mol. The van der Waals surface area contributed by atoms with Crippen molar-refractivity contribution in [3.05, 3.63) is 50.7 Å². The summed E-state index contributed by atoms with van der Waals surface area (Å²) in [6.07, 6.45) is 1.52. The fourth-order valence-electron chi connectivity index (χ4n) is 1.63. The normalized spacial score (nSPS) is 10.3. The number of rotatable bonds is 4. The zero-order chi connectivity index (χ0) is 15.4. The molecule has 4 nitrogen and oxygen atoms in total. The molecule has 1 N–H and O–H groups in total. The summed E-state index contributed by atoms with van der Waals surface area (Å²) in [6, 6.07) is 6.61. The fourth-order valence-corrected chi connectivity index (χ4v) is 2.39. The largest absolute Gasteiger partial charge is 0.492 e. The molecule has 110 valence electrons. The first-order chi connectivity index (χ1) is 10.0. The summed E-state index contributed by atoms with van der Waals surface area (Å²) in [7, 11) is 0. The summed E-state index contributed by atoms with van der Waals surface area (Å²) in [6.45, 7) is 2.39. The third-order valence-corrected chi connectivity index (χ3v) is 3.57. The maximum atomic E-state index is 12.2. The number of aromatic nitrogens is 1. The Kier molecular flexibility index (Phi) is 5.45. The maximum Gasteiger partial charge on any atom is 0.258 e. The highest BCUT2D eigenvalue weighted by Gasteiger charge is 2.13. The summed E-state index contributed by atoms with van der Waals surface area (Å²) in [5, 5.41) is 3.27. The van der Waals surface area contributed by atoms with Crippen LogP contribution in [0.4, 0.5) is 5.69 Å². The van der Waals surface area contributed by atoms with Gasteiger partial charge >= 0.3 is 0 Å². The highest BCUT2D eigenvalue weighted by molar-refractivity contribution is 9.10. The molecule has 2 aromatic rings. The first kappa shape index (κ1) is 16.1. The van der Waals surface area contributed by atoms with Gasteiger partial charge < -0.3 is 10.1 Å². The van der Waals surface area contributed by atoms with Gasteiger partial charge in [-0.3, -0.25) is 4.79 Å². The predicted octanol–water partition coefficient (Wildman–Crippen LogP) is 4.80. The van der Waals surface area contributed by atoms with E-state index in [0.717, 1.165) is 0 Å². The van der Waals surface area contributed by atoms with E-state index in [9.17, 15) is 4.79 Å². The highest BCUT2D eigenvalue weighted by atomic mass is 79.9. The molecule has 0 fully saturated rings. The Morgan fingerprint density at radius 1 is 1.38 bits per heavy atom. The molecular formula is C14H11BrCl2N2O2.